The van der Waals surface area contributed by atoms with Crippen LogP contribution in [0.5, 0.6) is 0 Å². The van der Waals surface area contributed by atoms with Crippen LogP contribution in [0.3, 0.4) is 0 Å². The summed E-state index contributed by atoms with van der Waals surface area (Å²) in [5.74, 6) is -0.740. The van der Waals surface area contributed by atoms with Gasteiger partial charge in [-0.25, -0.2) is 0 Å². The van der Waals surface area contributed by atoms with Crippen molar-refractivity contribution in [2.45, 2.75) is 84.2 Å². The molecule has 0 radical (unpaired) electrons. The first-order valence-electron chi connectivity index (χ1n) is 12.5. The average Bonchev–Trinajstić information content (AvgIpc) is 2.84. The first-order chi connectivity index (χ1) is 16.6. The molecule has 0 spiro atoms. The zero-order chi connectivity index (χ0) is 25.1. The van der Waals surface area contributed by atoms with Crippen molar-refractivity contribution in [1.82, 2.24) is 0 Å². The van der Waals surface area contributed by atoms with E-state index in [1.807, 2.05) is 48.6 Å². The summed E-state index contributed by atoms with van der Waals surface area (Å²) in [4.78, 5) is 23.7. The highest BCUT2D eigenvalue weighted by atomic mass is 16.6. The smallest absolute Gasteiger partial charge is 0.306 e. The third-order valence-corrected chi connectivity index (χ3v) is 4.60. The van der Waals surface area contributed by atoms with E-state index < -0.39 is 12.1 Å². The Morgan fingerprint density at radius 2 is 1.38 bits per heavy atom. The van der Waals surface area contributed by atoms with Crippen molar-refractivity contribution in [3.8, 4) is 0 Å². The number of ether oxygens (including phenoxy) is 2. The van der Waals surface area contributed by atoms with E-state index in [0.29, 0.717) is 12.8 Å². The van der Waals surface area contributed by atoms with E-state index >= 15 is 0 Å². The van der Waals surface area contributed by atoms with Crippen LogP contribution in [0, 0.1) is 0 Å². The predicted molar refractivity (Wildman–Crippen MR) is 140 cm³/mol. The third-order valence-electron chi connectivity index (χ3n) is 4.60. The second kappa shape index (κ2) is 25.0. The maximum Gasteiger partial charge on any atom is 0.306 e. The van der Waals surface area contributed by atoms with Crippen LogP contribution in [0.4, 0.5) is 0 Å². The van der Waals surface area contributed by atoms with Gasteiger partial charge in [-0.05, 0) is 44.9 Å². The summed E-state index contributed by atoms with van der Waals surface area (Å²) in [7, 11) is 0. The number of carbonyl (C=O) groups excluding carboxylic acids is 2. The number of aliphatic hydroxyl groups excluding tert-OH is 1. The number of hydrogen-bond donors (Lipinski definition) is 1. The lowest BCUT2D eigenvalue weighted by molar-refractivity contribution is -0.161. The third kappa shape index (κ3) is 22.5. The molecule has 0 aromatic carbocycles. The van der Waals surface area contributed by atoms with Gasteiger partial charge >= 0.3 is 11.9 Å². The summed E-state index contributed by atoms with van der Waals surface area (Å²) in [5, 5.41) is 9.37. The quantitative estimate of drug-likeness (QED) is 0.0922. The number of unbranched alkanes of at least 4 members (excludes halogenated alkanes) is 3. The molecular weight excluding hydrogens is 428 g/mol. The molecule has 0 aliphatic heterocycles. The molecule has 5 nitrogen and oxygen atoms in total. The van der Waals surface area contributed by atoms with Crippen LogP contribution in [-0.4, -0.2) is 36.4 Å². The van der Waals surface area contributed by atoms with Crippen LogP contribution in [0.15, 0.2) is 72.9 Å². The van der Waals surface area contributed by atoms with Gasteiger partial charge in [0.1, 0.15) is 6.61 Å². The highest BCUT2D eigenvalue weighted by Crippen LogP contribution is 2.06. The minimum absolute atomic E-state index is 0.115. The zero-order valence-electron chi connectivity index (χ0n) is 21.1. The lowest BCUT2D eigenvalue weighted by Crippen LogP contribution is -2.28. The monoisotopic (exact) mass is 472 g/mol. The Labute approximate surface area is 206 Å². The van der Waals surface area contributed by atoms with Crippen molar-refractivity contribution in [2.24, 2.45) is 0 Å². The second-order valence-electron chi connectivity index (χ2n) is 7.74. The fourth-order valence-electron chi connectivity index (χ4n) is 2.74. The molecule has 0 aliphatic carbocycles. The van der Waals surface area contributed by atoms with Crippen LogP contribution in [0.2, 0.25) is 0 Å². The molecule has 0 aromatic rings. The Bertz CT molecular complexity index is 683. The maximum absolute atomic E-state index is 11.9. The Balaban J connectivity index is 3.83. The maximum atomic E-state index is 11.9. The topological polar surface area (TPSA) is 72.8 Å². The Hall–Kier alpha value is -2.66. The summed E-state index contributed by atoms with van der Waals surface area (Å²) >= 11 is 0. The fourth-order valence-corrected chi connectivity index (χ4v) is 2.74. The first-order valence-corrected chi connectivity index (χ1v) is 12.5. The van der Waals surface area contributed by atoms with Crippen LogP contribution >= 0.6 is 0 Å². The molecule has 1 N–H and O–H groups in total. The van der Waals surface area contributed by atoms with Gasteiger partial charge in [-0.15, -0.1) is 0 Å². The van der Waals surface area contributed by atoms with E-state index in [-0.39, 0.29) is 25.6 Å². The van der Waals surface area contributed by atoms with E-state index in [1.54, 1.807) is 0 Å². The minimum Gasteiger partial charge on any atom is -0.462 e. The largest absolute Gasteiger partial charge is 0.462 e. The van der Waals surface area contributed by atoms with Crippen LogP contribution in [0.25, 0.3) is 0 Å². The number of aliphatic hydroxyl groups is 1. The van der Waals surface area contributed by atoms with Crippen molar-refractivity contribution < 1.29 is 24.2 Å². The van der Waals surface area contributed by atoms with Gasteiger partial charge in [-0.1, -0.05) is 93.2 Å². The highest BCUT2D eigenvalue weighted by Gasteiger charge is 2.15. The van der Waals surface area contributed by atoms with Crippen LogP contribution in [-0.2, 0) is 19.1 Å². The van der Waals surface area contributed by atoms with Gasteiger partial charge < -0.3 is 14.6 Å². The number of esters is 2. The van der Waals surface area contributed by atoms with Gasteiger partial charge in [0.2, 0.25) is 0 Å². The van der Waals surface area contributed by atoms with Crippen molar-refractivity contribution >= 4 is 11.9 Å². The van der Waals surface area contributed by atoms with Gasteiger partial charge in [0.05, 0.1) is 6.61 Å². The number of allylic oxidation sites excluding steroid dienone is 12. The molecular formula is C29H44O5. The fraction of sp³-hybridized carbons (Fsp3) is 0.517. The lowest BCUT2D eigenvalue weighted by Gasteiger charge is -2.15. The van der Waals surface area contributed by atoms with Gasteiger partial charge in [-0.3, -0.25) is 9.59 Å². The van der Waals surface area contributed by atoms with E-state index in [2.05, 4.69) is 38.2 Å². The summed E-state index contributed by atoms with van der Waals surface area (Å²) in [6.45, 7) is 3.70. The lowest BCUT2D eigenvalue weighted by atomic mass is 10.1. The van der Waals surface area contributed by atoms with Gasteiger partial charge in [0.25, 0.3) is 0 Å². The summed E-state index contributed by atoms with van der Waals surface area (Å²) < 4.78 is 10.3. The number of rotatable bonds is 20. The minimum atomic E-state index is -0.816. The zero-order valence-corrected chi connectivity index (χ0v) is 21.1. The second-order valence-corrected chi connectivity index (χ2v) is 7.74. The first kappa shape index (κ1) is 31.3. The molecule has 34 heavy (non-hydrogen) atoms. The van der Waals surface area contributed by atoms with E-state index in [4.69, 9.17) is 9.47 Å². The Morgan fingerprint density at radius 3 is 2.09 bits per heavy atom. The standard InChI is InChI=1S/C29H44O5/c1-3-5-7-9-11-12-13-14-15-16-18-19-21-23-28(31)33-26-27(25-30)34-29(32)24-22-20-17-10-8-6-4-2/h5-9,11-15,17,20,27,30H,3-4,10,16,18-19,21-26H2,1-2H3/b7-5+,8-6+,11-9+,13-12+,15-14+,20-17+. The Morgan fingerprint density at radius 1 is 0.706 bits per heavy atom. The predicted octanol–water partition coefficient (Wildman–Crippen LogP) is 6.71. The van der Waals surface area contributed by atoms with Gasteiger partial charge in [0.15, 0.2) is 6.10 Å². The SMILES string of the molecule is CC/C=C/C=C/C=C/C=C/CCCCCC(=O)OCC(CO)OC(=O)CC/C=C/C/C=C/CC. The molecule has 1 atom stereocenters. The normalized spacial score (nSPS) is 13.4. The molecule has 0 saturated carbocycles. The van der Waals surface area contributed by atoms with Crippen molar-refractivity contribution in [1.29, 1.82) is 0 Å². The number of hydrogen-bond acceptors (Lipinski definition) is 5. The number of carbonyl (C=O) groups is 2. The molecule has 0 aliphatic rings. The molecule has 0 saturated heterocycles. The molecule has 190 valence electrons. The summed E-state index contributed by atoms with van der Waals surface area (Å²) in [6.07, 6.45) is 31.3. The van der Waals surface area contributed by atoms with E-state index in [1.165, 1.54) is 0 Å². The Kier molecular flexibility index (Phi) is 23.0. The van der Waals surface area contributed by atoms with E-state index in [0.717, 1.165) is 44.9 Å². The molecule has 0 rings (SSSR count). The van der Waals surface area contributed by atoms with Crippen molar-refractivity contribution in [3.05, 3.63) is 72.9 Å². The van der Waals surface area contributed by atoms with Crippen molar-refractivity contribution in [2.75, 3.05) is 13.2 Å². The molecule has 5 heteroatoms. The van der Waals surface area contributed by atoms with Gasteiger partial charge in [0, 0.05) is 12.8 Å². The summed E-state index contributed by atoms with van der Waals surface area (Å²) in [5.41, 5.74) is 0. The van der Waals surface area contributed by atoms with E-state index in [9.17, 15) is 14.7 Å². The molecule has 0 heterocycles. The van der Waals surface area contributed by atoms with Crippen LogP contribution in [0.1, 0.15) is 78.1 Å². The molecule has 0 fully saturated rings. The highest BCUT2D eigenvalue weighted by molar-refractivity contribution is 5.70. The van der Waals surface area contributed by atoms with Crippen molar-refractivity contribution in [3.63, 3.8) is 0 Å². The molecule has 0 bridgehead atoms. The molecule has 1 unspecified atom stereocenters. The average molecular weight is 473 g/mol. The van der Waals surface area contributed by atoms with Crippen LogP contribution < -0.4 is 0 Å². The summed E-state index contributed by atoms with van der Waals surface area (Å²) in [6, 6.07) is 0. The molecule has 0 amide bonds. The van der Waals surface area contributed by atoms with Gasteiger partial charge in [-0.2, -0.15) is 0 Å². The molecule has 0 aromatic heterocycles.